The highest BCUT2D eigenvalue weighted by Crippen LogP contribution is 2.22. The maximum Gasteiger partial charge on any atom is 0.387 e. The van der Waals surface area contributed by atoms with Crippen LogP contribution in [0.2, 0.25) is 0 Å². The molecule has 0 saturated carbocycles. The van der Waals surface area contributed by atoms with Gasteiger partial charge in [0.1, 0.15) is 5.75 Å². The van der Waals surface area contributed by atoms with Crippen LogP contribution in [0.3, 0.4) is 0 Å². The lowest BCUT2D eigenvalue weighted by Crippen LogP contribution is -2.53. The van der Waals surface area contributed by atoms with E-state index < -0.39 is 6.61 Å². The SMILES string of the molecule is Cl.O=C(CN1CCN(CCc2ccccc2)CC1)N1CCN(Cc2ccccc2OC(F)F)CC1. The molecule has 0 spiro atoms. The first-order valence-electron chi connectivity index (χ1n) is 12.1. The van der Waals surface area contributed by atoms with Gasteiger partial charge in [-0.3, -0.25) is 14.6 Å². The van der Waals surface area contributed by atoms with E-state index in [0.29, 0.717) is 26.2 Å². The number of carbonyl (C=O) groups excluding carboxylic acids is 1. The van der Waals surface area contributed by atoms with Crippen LogP contribution < -0.4 is 4.74 Å². The molecule has 2 saturated heterocycles. The topological polar surface area (TPSA) is 39.3 Å². The molecule has 2 fully saturated rings. The van der Waals surface area contributed by atoms with Crippen molar-refractivity contribution in [1.29, 1.82) is 0 Å². The number of ether oxygens (including phenoxy) is 1. The smallest absolute Gasteiger partial charge is 0.387 e. The summed E-state index contributed by atoms with van der Waals surface area (Å²) < 4.78 is 30.0. The number of para-hydroxylation sites is 1. The molecule has 2 aromatic carbocycles. The van der Waals surface area contributed by atoms with E-state index in [9.17, 15) is 13.6 Å². The number of piperazine rings is 2. The van der Waals surface area contributed by atoms with E-state index in [4.69, 9.17) is 0 Å². The van der Waals surface area contributed by atoms with Gasteiger partial charge in [-0.25, -0.2) is 0 Å². The molecule has 35 heavy (non-hydrogen) atoms. The van der Waals surface area contributed by atoms with Gasteiger partial charge in [-0.05, 0) is 18.1 Å². The normalized spacial score (nSPS) is 17.9. The summed E-state index contributed by atoms with van der Waals surface area (Å²) in [5, 5.41) is 0. The van der Waals surface area contributed by atoms with Gasteiger partial charge in [-0.15, -0.1) is 12.4 Å². The predicted octanol–water partition coefficient (Wildman–Crippen LogP) is 3.21. The summed E-state index contributed by atoms with van der Waals surface area (Å²) in [6.07, 6.45) is 1.06. The Kier molecular flexibility index (Phi) is 10.7. The van der Waals surface area contributed by atoms with Crippen LogP contribution in [0.25, 0.3) is 0 Å². The third-order valence-electron chi connectivity index (χ3n) is 6.69. The van der Waals surface area contributed by atoms with Crippen molar-refractivity contribution < 1.29 is 18.3 Å². The molecular formula is C26H35ClF2N4O2. The zero-order valence-corrected chi connectivity index (χ0v) is 20.8. The summed E-state index contributed by atoms with van der Waals surface area (Å²) in [6.45, 7) is 5.82. The Bertz CT molecular complexity index is 905. The third-order valence-corrected chi connectivity index (χ3v) is 6.69. The molecule has 4 rings (SSSR count). The zero-order chi connectivity index (χ0) is 23.8. The largest absolute Gasteiger partial charge is 0.434 e. The van der Waals surface area contributed by atoms with Crippen molar-refractivity contribution in [2.24, 2.45) is 0 Å². The molecule has 0 N–H and O–H groups in total. The number of alkyl halides is 2. The van der Waals surface area contributed by atoms with Crippen molar-refractivity contribution in [1.82, 2.24) is 19.6 Å². The minimum atomic E-state index is -2.83. The number of benzene rings is 2. The van der Waals surface area contributed by atoms with Gasteiger partial charge in [-0.1, -0.05) is 48.5 Å². The van der Waals surface area contributed by atoms with Crippen molar-refractivity contribution in [3.8, 4) is 5.75 Å². The Hall–Kier alpha value is -2.26. The molecule has 0 aromatic heterocycles. The second kappa shape index (κ2) is 13.7. The van der Waals surface area contributed by atoms with Crippen LogP contribution in [-0.4, -0.2) is 97.6 Å². The summed E-state index contributed by atoms with van der Waals surface area (Å²) in [7, 11) is 0. The number of amides is 1. The Balaban J connectivity index is 0.00000342. The van der Waals surface area contributed by atoms with Gasteiger partial charge in [0.05, 0.1) is 6.54 Å². The van der Waals surface area contributed by atoms with E-state index in [1.807, 2.05) is 23.1 Å². The molecule has 0 aliphatic carbocycles. The molecule has 6 nitrogen and oxygen atoms in total. The van der Waals surface area contributed by atoms with Crippen molar-refractivity contribution in [2.75, 3.05) is 65.4 Å². The first kappa shape index (κ1) is 27.3. The molecular weight excluding hydrogens is 474 g/mol. The molecule has 192 valence electrons. The van der Waals surface area contributed by atoms with Gasteiger partial charge in [0.2, 0.25) is 5.91 Å². The molecule has 2 aliphatic heterocycles. The highest BCUT2D eigenvalue weighted by Gasteiger charge is 2.25. The second-order valence-corrected chi connectivity index (χ2v) is 9.00. The second-order valence-electron chi connectivity index (χ2n) is 9.00. The number of hydrogen-bond donors (Lipinski definition) is 0. The van der Waals surface area contributed by atoms with E-state index in [2.05, 4.69) is 43.7 Å². The highest BCUT2D eigenvalue weighted by atomic mass is 35.5. The molecule has 2 aliphatic rings. The van der Waals surface area contributed by atoms with Crippen molar-refractivity contribution >= 4 is 18.3 Å². The van der Waals surface area contributed by atoms with Crippen molar-refractivity contribution in [3.63, 3.8) is 0 Å². The molecule has 0 atom stereocenters. The Morgan fingerprint density at radius 2 is 1.40 bits per heavy atom. The number of hydrogen-bond acceptors (Lipinski definition) is 5. The van der Waals surface area contributed by atoms with Crippen LogP contribution in [0.1, 0.15) is 11.1 Å². The fourth-order valence-corrected chi connectivity index (χ4v) is 4.64. The molecule has 0 unspecified atom stereocenters. The Morgan fingerprint density at radius 1 is 0.800 bits per heavy atom. The number of carbonyl (C=O) groups is 1. The highest BCUT2D eigenvalue weighted by molar-refractivity contribution is 5.85. The Labute approximate surface area is 212 Å². The predicted molar refractivity (Wildman–Crippen MR) is 135 cm³/mol. The fraction of sp³-hybridized carbons (Fsp3) is 0.500. The first-order chi connectivity index (χ1) is 16.6. The van der Waals surface area contributed by atoms with Crippen molar-refractivity contribution in [3.05, 3.63) is 65.7 Å². The number of halogens is 3. The van der Waals surface area contributed by atoms with E-state index in [-0.39, 0.29) is 24.1 Å². The van der Waals surface area contributed by atoms with Crippen LogP contribution in [-0.2, 0) is 17.8 Å². The average molecular weight is 509 g/mol. The summed E-state index contributed by atoms with van der Waals surface area (Å²) in [5.74, 6) is 0.401. The lowest BCUT2D eigenvalue weighted by Gasteiger charge is -2.38. The van der Waals surface area contributed by atoms with Crippen LogP contribution >= 0.6 is 12.4 Å². The van der Waals surface area contributed by atoms with Gasteiger partial charge in [0.25, 0.3) is 0 Å². The fourth-order valence-electron chi connectivity index (χ4n) is 4.64. The molecule has 9 heteroatoms. The van der Waals surface area contributed by atoms with E-state index in [1.54, 1.807) is 12.1 Å². The average Bonchev–Trinajstić information content (AvgIpc) is 2.85. The molecule has 2 heterocycles. The van der Waals surface area contributed by atoms with Gasteiger partial charge in [0, 0.05) is 71.0 Å². The lowest BCUT2D eigenvalue weighted by molar-refractivity contribution is -0.134. The van der Waals surface area contributed by atoms with Gasteiger partial charge >= 0.3 is 6.61 Å². The Morgan fingerprint density at radius 3 is 2.09 bits per heavy atom. The van der Waals surface area contributed by atoms with Gasteiger partial charge in [0.15, 0.2) is 0 Å². The third kappa shape index (κ3) is 8.42. The molecule has 1 amide bonds. The quantitative estimate of drug-likeness (QED) is 0.520. The molecule has 0 bridgehead atoms. The summed E-state index contributed by atoms with van der Waals surface area (Å²) in [4.78, 5) is 21.7. The van der Waals surface area contributed by atoms with E-state index >= 15 is 0 Å². The van der Waals surface area contributed by atoms with Crippen LogP contribution in [0.15, 0.2) is 54.6 Å². The minimum absolute atomic E-state index is 0. The summed E-state index contributed by atoms with van der Waals surface area (Å²) in [6, 6.07) is 17.5. The van der Waals surface area contributed by atoms with Crippen LogP contribution in [0, 0.1) is 0 Å². The van der Waals surface area contributed by atoms with Crippen LogP contribution in [0.4, 0.5) is 8.78 Å². The molecule has 2 aromatic rings. The minimum Gasteiger partial charge on any atom is -0.434 e. The molecule has 0 radical (unpaired) electrons. The van der Waals surface area contributed by atoms with E-state index in [1.165, 1.54) is 5.56 Å². The lowest BCUT2D eigenvalue weighted by atomic mass is 10.1. The number of nitrogens with zero attached hydrogens (tertiary/aromatic N) is 4. The van der Waals surface area contributed by atoms with Gasteiger partial charge in [-0.2, -0.15) is 8.78 Å². The standard InChI is InChI=1S/C26H34F2N4O2.ClH/c27-26(28)34-24-9-5-4-8-23(24)20-30-16-18-32(19-17-30)25(33)21-31-14-12-29(13-15-31)11-10-22-6-2-1-3-7-22;/h1-9,26H,10-21H2;1H. The summed E-state index contributed by atoms with van der Waals surface area (Å²) >= 11 is 0. The monoisotopic (exact) mass is 508 g/mol. The maximum atomic E-state index is 12.8. The number of rotatable bonds is 9. The van der Waals surface area contributed by atoms with E-state index in [0.717, 1.165) is 57.8 Å². The first-order valence-corrected chi connectivity index (χ1v) is 12.1. The van der Waals surface area contributed by atoms with Gasteiger partial charge < -0.3 is 14.5 Å². The zero-order valence-electron chi connectivity index (χ0n) is 20.0. The maximum absolute atomic E-state index is 12.8. The summed E-state index contributed by atoms with van der Waals surface area (Å²) in [5.41, 5.74) is 2.11. The van der Waals surface area contributed by atoms with Crippen molar-refractivity contribution in [2.45, 2.75) is 19.6 Å². The van der Waals surface area contributed by atoms with Crippen LogP contribution in [0.5, 0.6) is 5.75 Å².